The smallest absolute Gasteiger partial charge is 0.0476 e. The van der Waals surface area contributed by atoms with Gasteiger partial charge in [0.2, 0.25) is 0 Å². The van der Waals surface area contributed by atoms with E-state index in [0.29, 0.717) is 8.64 Å². The SMILES string of the molecule is CCCCCCCCCc1ccccc1N(C(=S)[S-])c1ccccc1CCCCCCCCC.CCCCCCCCCc1ccccc1N(C(=S)[S-])c1ccccc1CCCCCCCCC.[Mo].[S-2].[S-2]. The first-order valence-electron chi connectivity index (χ1n) is 27.7. The number of para-hydroxylation sites is 4. The fourth-order valence-electron chi connectivity index (χ4n) is 9.50. The zero-order chi connectivity index (χ0) is 48.9. The molecule has 398 valence electrons. The fraction of sp³-hybridized carbons (Fsp3) is 0.581. The van der Waals surface area contributed by atoms with E-state index in [4.69, 9.17) is 49.7 Å². The Bertz CT molecular complexity index is 1660. The maximum absolute atomic E-state index is 5.63. The Morgan fingerprint density at radius 2 is 0.479 bits per heavy atom. The molecule has 0 aliphatic carbocycles. The molecule has 0 N–H and O–H groups in total. The van der Waals surface area contributed by atoms with E-state index in [9.17, 15) is 0 Å². The third-order valence-electron chi connectivity index (χ3n) is 13.5. The predicted molar refractivity (Wildman–Crippen MR) is 331 cm³/mol. The van der Waals surface area contributed by atoms with Crippen LogP contribution in [0.1, 0.15) is 230 Å². The van der Waals surface area contributed by atoms with Gasteiger partial charge in [-0.3, -0.25) is 0 Å². The van der Waals surface area contributed by atoms with Crippen molar-refractivity contribution in [3.05, 3.63) is 119 Å². The van der Waals surface area contributed by atoms with E-state index in [2.05, 4.69) is 135 Å². The second-order valence-electron chi connectivity index (χ2n) is 19.2. The monoisotopic (exact) mass is 1150 g/mol. The molecular formula is C62H92MoN2S6-6. The molecule has 0 aromatic heterocycles. The van der Waals surface area contributed by atoms with Crippen molar-refractivity contribution in [2.24, 2.45) is 0 Å². The minimum atomic E-state index is 0. The van der Waals surface area contributed by atoms with Crippen LogP contribution in [0, 0.1) is 0 Å². The van der Waals surface area contributed by atoms with Gasteiger partial charge in [-0.05, 0) is 97.9 Å². The topological polar surface area (TPSA) is 6.48 Å². The molecule has 0 unspecified atom stereocenters. The molecule has 71 heavy (non-hydrogen) atoms. The van der Waals surface area contributed by atoms with Crippen LogP contribution in [0.3, 0.4) is 0 Å². The number of benzene rings is 4. The van der Waals surface area contributed by atoms with Gasteiger partial charge in [0.25, 0.3) is 0 Å². The van der Waals surface area contributed by atoms with Crippen LogP contribution in [0.15, 0.2) is 97.1 Å². The Kier molecular flexibility index (Phi) is 44.9. The first-order chi connectivity index (χ1) is 33.4. The van der Waals surface area contributed by atoms with Gasteiger partial charge >= 0.3 is 0 Å². The van der Waals surface area contributed by atoms with Crippen LogP contribution in [-0.2, 0) is 99.0 Å². The number of hydrogen-bond acceptors (Lipinski definition) is 4. The molecule has 0 fully saturated rings. The van der Waals surface area contributed by atoms with Gasteiger partial charge in [0.05, 0.1) is 0 Å². The third-order valence-corrected chi connectivity index (χ3v) is 14.2. The van der Waals surface area contributed by atoms with E-state index in [1.54, 1.807) is 0 Å². The van der Waals surface area contributed by atoms with Crippen molar-refractivity contribution >= 4 is 108 Å². The van der Waals surface area contributed by atoms with Crippen LogP contribution in [0.4, 0.5) is 22.7 Å². The zero-order valence-electron chi connectivity index (χ0n) is 44.6. The number of nitrogens with zero attached hydrogens (tertiary/aromatic N) is 2. The van der Waals surface area contributed by atoms with Crippen molar-refractivity contribution in [1.82, 2.24) is 0 Å². The molecule has 0 saturated heterocycles. The van der Waals surface area contributed by atoms with Crippen LogP contribution in [0.25, 0.3) is 0 Å². The molecular weight excluding hydrogens is 1060 g/mol. The molecule has 0 bridgehead atoms. The summed E-state index contributed by atoms with van der Waals surface area (Å²) in [6.45, 7) is 9.11. The molecule has 0 spiro atoms. The van der Waals surface area contributed by atoms with E-state index in [1.807, 2.05) is 0 Å². The zero-order valence-corrected chi connectivity index (χ0v) is 51.5. The summed E-state index contributed by atoms with van der Waals surface area (Å²) in [5.74, 6) is 0. The quantitative estimate of drug-likeness (QED) is 0.0192. The van der Waals surface area contributed by atoms with Gasteiger partial charge in [-0.2, -0.15) is 0 Å². The molecule has 0 radical (unpaired) electrons. The van der Waals surface area contributed by atoms with Crippen molar-refractivity contribution in [2.75, 3.05) is 9.80 Å². The van der Waals surface area contributed by atoms with Crippen molar-refractivity contribution < 1.29 is 21.1 Å². The molecule has 4 rings (SSSR count). The second-order valence-corrected chi connectivity index (χ2v) is 21.3. The molecule has 0 saturated carbocycles. The minimum Gasteiger partial charge on any atom is -2.00 e. The number of hydrogen-bond donors (Lipinski definition) is 0. The van der Waals surface area contributed by atoms with Gasteiger partial charge in [-0.25, -0.2) is 0 Å². The Balaban J connectivity index is 0.00000132. The van der Waals surface area contributed by atoms with Crippen LogP contribution in [0.5, 0.6) is 0 Å². The van der Waals surface area contributed by atoms with Gasteiger partial charge in [0.15, 0.2) is 0 Å². The molecule has 0 amide bonds. The van der Waals surface area contributed by atoms with E-state index in [-0.39, 0.29) is 48.1 Å². The van der Waals surface area contributed by atoms with Crippen molar-refractivity contribution in [3.63, 3.8) is 0 Å². The Morgan fingerprint density at radius 1 is 0.310 bits per heavy atom. The third kappa shape index (κ3) is 28.8. The number of aryl methyl sites for hydroxylation is 4. The van der Waals surface area contributed by atoms with Crippen LogP contribution in [0.2, 0.25) is 0 Å². The van der Waals surface area contributed by atoms with Gasteiger partial charge < -0.3 is 86.5 Å². The van der Waals surface area contributed by atoms with Crippen molar-refractivity contribution in [3.8, 4) is 0 Å². The fourth-order valence-corrected chi connectivity index (χ4v) is 10.3. The molecule has 4 aromatic carbocycles. The average Bonchev–Trinajstić information content (AvgIpc) is 3.34. The van der Waals surface area contributed by atoms with Crippen molar-refractivity contribution in [1.29, 1.82) is 0 Å². The minimum absolute atomic E-state index is 0. The van der Waals surface area contributed by atoms with E-state index in [0.717, 1.165) is 25.7 Å². The first-order valence-corrected chi connectivity index (χ1v) is 29.3. The normalized spacial score (nSPS) is 10.5. The van der Waals surface area contributed by atoms with Gasteiger partial charge in [-0.15, -0.1) is 0 Å². The molecule has 0 aliphatic heterocycles. The first kappa shape index (κ1) is 69.5. The molecule has 2 nitrogen and oxygen atoms in total. The summed E-state index contributed by atoms with van der Waals surface area (Å²) < 4.78 is 1.03. The van der Waals surface area contributed by atoms with Crippen LogP contribution in [-0.4, -0.2) is 8.64 Å². The molecule has 4 aromatic rings. The number of rotatable bonds is 36. The molecule has 0 atom stereocenters. The summed E-state index contributed by atoms with van der Waals surface area (Å²) in [5.41, 5.74) is 10.1. The summed E-state index contributed by atoms with van der Waals surface area (Å²) >= 11 is 22.5. The molecule has 9 heteroatoms. The van der Waals surface area contributed by atoms with Crippen LogP contribution < -0.4 is 9.80 Å². The summed E-state index contributed by atoms with van der Waals surface area (Å²) in [6.07, 6.45) is 41.4. The Hall–Kier alpha value is -1.51. The second kappa shape index (κ2) is 45.8. The molecule has 0 aliphatic rings. The summed E-state index contributed by atoms with van der Waals surface area (Å²) in [6, 6.07) is 34.8. The van der Waals surface area contributed by atoms with E-state index in [1.165, 1.54) is 225 Å². The standard InChI is InChI=1S/2C31H47NS2.Mo.2S/c2*1-3-5-7-9-11-13-15-21-27-23-17-19-25-29(27)32(31(33)34)30-26-20-18-24-28(30)22-16-14-12-10-8-6-4-2;;;/h2*17-20,23-26H,3-16,21-22H2,1-2H3,(H,33,34);;;/q;;;2*-2/p-2. The largest absolute Gasteiger partial charge is 2.00 e. The summed E-state index contributed by atoms with van der Waals surface area (Å²) in [7, 11) is 0. The molecule has 0 heterocycles. The van der Waals surface area contributed by atoms with Crippen molar-refractivity contribution in [2.45, 2.75) is 233 Å². The van der Waals surface area contributed by atoms with E-state index >= 15 is 0 Å². The van der Waals surface area contributed by atoms with E-state index < -0.39 is 0 Å². The average molecular weight is 1150 g/mol. The summed E-state index contributed by atoms with van der Waals surface area (Å²) in [5, 5.41) is 0. The van der Waals surface area contributed by atoms with Gasteiger partial charge in [0.1, 0.15) is 0 Å². The number of thiocarbonyl (C=S) groups is 2. The predicted octanol–water partition coefficient (Wildman–Crippen LogP) is 20.5. The number of anilines is 4. The van der Waals surface area contributed by atoms with Gasteiger partial charge in [-0.1, -0.05) is 263 Å². The maximum Gasteiger partial charge on any atom is 0.0476 e. The Labute approximate surface area is 487 Å². The maximum atomic E-state index is 5.63. The summed E-state index contributed by atoms with van der Waals surface area (Å²) in [4.78, 5) is 4.30. The Morgan fingerprint density at radius 3 is 0.662 bits per heavy atom. The number of unbranched alkanes of at least 4 members (excludes halogenated alkanes) is 24. The van der Waals surface area contributed by atoms with Gasteiger partial charge in [0, 0.05) is 43.8 Å². The van der Waals surface area contributed by atoms with Crippen LogP contribution >= 0.6 is 24.4 Å².